The normalized spacial score (nSPS) is 33.7. The first-order valence-electron chi connectivity index (χ1n) is 12.7. The molecule has 3 amide bonds. The SMILES string of the molecule is Cc1cccc(N2C[C@@H](C(=O)Oc3cccc(N4C(=O)[C@@H]5[C@@H]6C=C[C@H]([C@H]7C[C@H]67)[C@@H]5C4=O)c3)CC2=O)c1. The molecule has 2 aromatic carbocycles. The minimum Gasteiger partial charge on any atom is -0.426 e. The summed E-state index contributed by atoms with van der Waals surface area (Å²) in [5, 5.41) is 0. The number of nitrogens with zero attached hydrogens (tertiary/aromatic N) is 2. The summed E-state index contributed by atoms with van der Waals surface area (Å²) in [5.74, 6) is -0.392. The van der Waals surface area contributed by atoms with Crippen LogP contribution in [0.2, 0.25) is 0 Å². The number of benzene rings is 2. The molecule has 4 fully saturated rings. The molecule has 7 nitrogen and oxygen atoms in total. The number of rotatable bonds is 4. The lowest BCUT2D eigenvalue weighted by Crippen LogP contribution is -2.40. The summed E-state index contributed by atoms with van der Waals surface area (Å²) in [4.78, 5) is 55.2. The largest absolute Gasteiger partial charge is 0.426 e. The smallest absolute Gasteiger partial charge is 0.316 e. The Balaban J connectivity index is 1.08. The van der Waals surface area contributed by atoms with Gasteiger partial charge < -0.3 is 9.64 Å². The van der Waals surface area contributed by atoms with Crippen molar-refractivity contribution in [3.8, 4) is 5.75 Å². The zero-order chi connectivity index (χ0) is 24.7. The highest BCUT2D eigenvalue weighted by Gasteiger charge is 2.67. The number of imide groups is 1. The summed E-state index contributed by atoms with van der Waals surface area (Å²) in [5.41, 5.74) is 2.24. The van der Waals surface area contributed by atoms with Gasteiger partial charge in [-0.05, 0) is 66.8 Å². The van der Waals surface area contributed by atoms with Crippen LogP contribution in [0.15, 0.2) is 60.7 Å². The molecule has 7 heteroatoms. The lowest BCUT2D eigenvalue weighted by molar-refractivity contribution is -0.139. The third kappa shape index (κ3) is 3.11. The molecule has 36 heavy (non-hydrogen) atoms. The Morgan fingerprint density at radius 1 is 0.889 bits per heavy atom. The van der Waals surface area contributed by atoms with E-state index in [2.05, 4.69) is 12.2 Å². The zero-order valence-electron chi connectivity index (χ0n) is 19.9. The van der Waals surface area contributed by atoms with E-state index in [1.165, 1.54) is 4.90 Å². The van der Waals surface area contributed by atoms with Crippen molar-refractivity contribution >= 4 is 35.1 Å². The first kappa shape index (κ1) is 21.5. The van der Waals surface area contributed by atoms with Gasteiger partial charge in [-0.2, -0.15) is 0 Å². The maximum atomic E-state index is 13.4. The monoisotopic (exact) mass is 482 g/mol. The van der Waals surface area contributed by atoms with Gasteiger partial charge in [0.05, 0.1) is 23.4 Å². The highest BCUT2D eigenvalue weighted by Crippen LogP contribution is 2.65. The number of hydrogen-bond donors (Lipinski definition) is 0. The summed E-state index contributed by atoms with van der Waals surface area (Å²) in [6, 6.07) is 14.2. The van der Waals surface area contributed by atoms with Crippen molar-refractivity contribution in [3.05, 3.63) is 66.2 Å². The van der Waals surface area contributed by atoms with Crippen molar-refractivity contribution in [2.75, 3.05) is 16.3 Å². The summed E-state index contributed by atoms with van der Waals surface area (Å²) in [6.07, 6.45) is 5.50. The number of anilines is 2. The van der Waals surface area contributed by atoms with E-state index in [-0.39, 0.29) is 60.1 Å². The van der Waals surface area contributed by atoms with Crippen LogP contribution in [-0.4, -0.2) is 30.2 Å². The van der Waals surface area contributed by atoms with Crippen LogP contribution in [0.4, 0.5) is 11.4 Å². The number of esters is 1. The van der Waals surface area contributed by atoms with Crippen molar-refractivity contribution in [1.82, 2.24) is 0 Å². The van der Waals surface area contributed by atoms with Crippen LogP contribution in [0.5, 0.6) is 5.75 Å². The molecule has 7 atom stereocenters. The third-order valence-electron chi connectivity index (χ3n) is 8.73. The van der Waals surface area contributed by atoms with E-state index in [0.29, 0.717) is 17.5 Å². The van der Waals surface area contributed by atoms with Crippen molar-refractivity contribution in [2.24, 2.45) is 41.4 Å². The van der Waals surface area contributed by atoms with E-state index >= 15 is 0 Å². The molecule has 0 spiro atoms. The van der Waals surface area contributed by atoms with Crippen molar-refractivity contribution in [1.29, 1.82) is 0 Å². The Bertz CT molecular complexity index is 1330. The van der Waals surface area contributed by atoms with Crippen LogP contribution in [0.25, 0.3) is 0 Å². The average molecular weight is 483 g/mol. The second kappa shape index (κ2) is 7.63. The molecule has 2 bridgehead atoms. The molecule has 2 heterocycles. The Morgan fingerprint density at radius 3 is 2.25 bits per heavy atom. The fraction of sp³-hybridized carbons (Fsp3) is 0.379. The molecule has 182 valence electrons. The van der Waals surface area contributed by atoms with Crippen molar-refractivity contribution in [3.63, 3.8) is 0 Å². The molecule has 6 aliphatic rings. The van der Waals surface area contributed by atoms with Crippen LogP contribution in [0.1, 0.15) is 18.4 Å². The number of amides is 3. The summed E-state index contributed by atoms with van der Waals surface area (Å²) < 4.78 is 5.64. The predicted molar refractivity (Wildman–Crippen MR) is 131 cm³/mol. The summed E-state index contributed by atoms with van der Waals surface area (Å²) in [6.45, 7) is 2.21. The molecule has 0 radical (unpaired) electrons. The van der Waals surface area contributed by atoms with Crippen LogP contribution in [-0.2, 0) is 19.2 Å². The molecule has 2 saturated carbocycles. The zero-order valence-corrected chi connectivity index (χ0v) is 19.9. The fourth-order valence-corrected chi connectivity index (χ4v) is 7.01. The molecule has 2 saturated heterocycles. The van der Waals surface area contributed by atoms with Crippen LogP contribution >= 0.6 is 0 Å². The predicted octanol–water partition coefficient (Wildman–Crippen LogP) is 3.51. The molecule has 2 aromatic rings. The summed E-state index contributed by atoms with van der Waals surface area (Å²) >= 11 is 0. The highest BCUT2D eigenvalue weighted by atomic mass is 16.5. The first-order chi connectivity index (χ1) is 17.4. The second-order valence-corrected chi connectivity index (χ2v) is 10.8. The number of aryl methyl sites for hydroxylation is 1. The quantitative estimate of drug-likeness (QED) is 0.288. The molecule has 4 aliphatic carbocycles. The second-order valence-electron chi connectivity index (χ2n) is 10.8. The molecule has 2 aliphatic heterocycles. The maximum Gasteiger partial charge on any atom is 0.316 e. The van der Waals surface area contributed by atoms with E-state index < -0.39 is 11.9 Å². The molecular weight excluding hydrogens is 456 g/mol. The van der Waals surface area contributed by atoms with E-state index in [4.69, 9.17) is 4.74 Å². The van der Waals surface area contributed by atoms with Gasteiger partial charge in [-0.1, -0.05) is 30.4 Å². The van der Waals surface area contributed by atoms with Gasteiger partial charge in [0.1, 0.15) is 5.75 Å². The van der Waals surface area contributed by atoms with Gasteiger partial charge in [0.2, 0.25) is 17.7 Å². The molecular formula is C29H26N2O5. The minimum atomic E-state index is -0.590. The number of allylic oxidation sites excluding steroid dienone is 2. The number of ether oxygens (including phenoxy) is 1. The van der Waals surface area contributed by atoms with E-state index in [1.807, 2.05) is 31.2 Å². The van der Waals surface area contributed by atoms with Gasteiger partial charge in [-0.3, -0.25) is 19.2 Å². The lowest BCUT2D eigenvalue weighted by atomic mass is 9.63. The minimum absolute atomic E-state index is 0.0804. The number of carbonyl (C=O) groups excluding carboxylic acids is 4. The van der Waals surface area contributed by atoms with Gasteiger partial charge in [-0.25, -0.2) is 4.90 Å². The Hall–Kier alpha value is -3.74. The van der Waals surface area contributed by atoms with E-state index in [9.17, 15) is 19.2 Å². The maximum absolute atomic E-state index is 13.4. The molecule has 0 N–H and O–H groups in total. The number of carbonyl (C=O) groups is 4. The van der Waals surface area contributed by atoms with Crippen LogP contribution in [0, 0.1) is 48.3 Å². The lowest BCUT2D eigenvalue weighted by Gasteiger charge is -2.37. The molecule has 8 rings (SSSR count). The summed E-state index contributed by atoms with van der Waals surface area (Å²) in [7, 11) is 0. The Kier molecular flexibility index (Phi) is 4.56. The average Bonchev–Trinajstić information content (AvgIpc) is 3.54. The van der Waals surface area contributed by atoms with Gasteiger partial charge in [0.15, 0.2) is 0 Å². The molecule has 0 unspecified atom stereocenters. The molecule has 0 aromatic heterocycles. The van der Waals surface area contributed by atoms with Gasteiger partial charge in [0, 0.05) is 24.7 Å². The van der Waals surface area contributed by atoms with Gasteiger partial charge in [0.25, 0.3) is 0 Å². The van der Waals surface area contributed by atoms with Gasteiger partial charge >= 0.3 is 5.97 Å². The first-order valence-corrected chi connectivity index (χ1v) is 12.7. The Morgan fingerprint density at radius 2 is 1.56 bits per heavy atom. The van der Waals surface area contributed by atoms with Gasteiger partial charge in [-0.15, -0.1) is 0 Å². The van der Waals surface area contributed by atoms with Crippen LogP contribution < -0.4 is 14.5 Å². The fourth-order valence-electron chi connectivity index (χ4n) is 7.01. The Labute approximate surface area is 208 Å². The standard InChI is InChI=1S/C29H26N2O5/c1-15-4-2-5-17(10-15)30-14-16(11-24(30)32)29(35)36-19-7-3-6-18(12-19)31-27(33)25-20-8-9-21(23-13-22(20)23)26(25)28(31)34/h2-10,12,16,20-23,25-26H,11,13-14H2,1H3/t16-,20+,21+,22+,23+,25-,26+/m0/s1. The van der Waals surface area contributed by atoms with Crippen LogP contribution in [0.3, 0.4) is 0 Å². The van der Waals surface area contributed by atoms with Crippen molar-refractivity contribution < 1.29 is 23.9 Å². The topological polar surface area (TPSA) is 84.0 Å². The number of hydrogen-bond acceptors (Lipinski definition) is 5. The highest BCUT2D eigenvalue weighted by molar-refractivity contribution is 6.22. The van der Waals surface area contributed by atoms with E-state index in [0.717, 1.165) is 17.7 Å². The van der Waals surface area contributed by atoms with E-state index in [1.54, 1.807) is 29.2 Å². The van der Waals surface area contributed by atoms with Crippen molar-refractivity contribution in [2.45, 2.75) is 19.8 Å². The third-order valence-corrected chi connectivity index (χ3v) is 8.73.